The van der Waals surface area contributed by atoms with E-state index in [1.807, 2.05) is 64.6 Å². The first-order valence-corrected chi connectivity index (χ1v) is 7.63. The number of pyridine rings is 1. The van der Waals surface area contributed by atoms with Gasteiger partial charge in [-0.25, -0.2) is 9.67 Å². The molecular weight excluding hydrogens is 276 g/mol. The molecule has 0 bridgehead atoms. The van der Waals surface area contributed by atoms with Gasteiger partial charge in [0.2, 0.25) is 0 Å². The monoisotopic (exact) mass is 300 g/mol. The smallest absolute Gasteiger partial charge is 0.255 e. The Hall–Kier alpha value is -2.17. The van der Waals surface area contributed by atoms with Crippen LogP contribution in [0.3, 0.4) is 0 Å². The number of carbonyl (C=O) groups is 1. The summed E-state index contributed by atoms with van der Waals surface area (Å²) in [6.45, 7) is 12.0. The Bertz CT molecular complexity index is 648. The fourth-order valence-electron chi connectivity index (χ4n) is 2.71. The van der Waals surface area contributed by atoms with Crippen molar-refractivity contribution in [2.45, 2.75) is 53.6 Å². The van der Waals surface area contributed by atoms with Gasteiger partial charge in [-0.1, -0.05) is 0 Å². The Labute approximate surface area is 132 Å². The van der Waals surface area contributed by atoms with E-state index in [2.05, 4.69) is 10.1 Å². The normalized spacial score (nSPS) is 11.3. The van der Waals surface area contributed by atoms with Crippen molar-refractivity contribution in [2.75, 3.05) is 0 Å². The molecule has 1 amide bonds. The maximum absolute atomic E-state index is 12.6. The van der Waals surface area contributed by atoms with Crippen LogP contribution in [0.4, 0.5) is 0 Å². The van der Waals surface area contributed by atoms with Crippen LogP contribution >= 0.6 is 0 Å². The van der Waals surface area contributed by atoms with E-state index < -0.39 is 0 Å². The van der Waals surface area contributed by atoms with Crippen molar-refractivity contribution in [1.29, 1.82) is 0 Å². The molecule has 5 heteroatoms. The number of aryl methyl sites for hydroxylation is 2. The fraction of sp³-hybridized carbons (Fsp3) is 0.471. The molecule has 5 nitrogen and oxygen atoms in total. The van der Waals surface area contributed by atoms with Gasteiger partial charge in [0.05, 0.1) is 11.3 Å². The highest BCUT2D eigenvalue weighted by atomic mass is 16.2. The second-order valence-corrected chi connectivity index (χ2v) is 6.14. The molecular formula is C17H24N4O. The zero-order chi connectivity index (χ0) is 16.4. The molecule has 0 saturated carbocycles. The Balaban J connectivity index is 2.29. The molecule has 0 saturated heterocycles. The van der Waals surface area contributed by atoms with Crippen LogP contribution < -0.4 is 0 Å². The Morgan fingerprint density at radius 2 is 1.77 bits per heavy atom. The highest BCUT2D eigenvalue weighted by Gasteiger charge is 2.21. The summed E-state index contributed by atoms with van der Waals surface area (Å²) in [5.41, 5.74) is 2.58. The van der Waals surface area contributed by atoms with Crippen LogP contribution in [-0.2, 0) is 0 Å². The van der Waals surface area contributed by atoms with Crippen LogP contribution in [-0.4, -0.2) is 37.7 Å². The first kappa shape index (κ1) is 16.2. The molecule has 0 spiro atoms. The van der Waals surface area contributed by atoms with Gasteiger partial charge in [-0.2, -0.15) is 5.10 Å². The van der Waals surface area contributed by atoms with E-state index in [4.69, 9.17) is 0 Å². The molecule has 2 aromatic rings. The van der Waals surface area contributed by atoms with E-state index in [9.17, 15) is 4.79 Å². The molecule has 0 atom stereocenters. The van der Waals surface area contributed by atoms with E-state index in [1.165, 1.54) is 0 Å². The summed E-state index contributed by atoms with van der Waals surface area (Å²) in [7, 11) is 0. The lowest BCUT2D eigenvalue weighted by Gasteiger charge is -2.30. The van der Waals surface area contributed by atoms with Crippen molar-refractivity contribution >= 4 is 5.91 Å². The highest BCUT2D eigenvalue weighted by Crippen LogP contribution is 2.14. The molecule has 0 N–H and O–H groups in total. The van der Waals surface area contributed by atoms with Gasteiger partial charge in [0.15, 0.2) is 5.82 Å². The van der Waals surface area contributed by atoms with Crippen LogP contribution in [0.5, 0.6) is 0 Å². The van der Waals surface area contributed by atoms with Crippen molar-refractivity contribution in [3.8, 4) is 5.82 Å². The number of hydrogen-bond acceptors (Lipinski definition) is 3. The van der Waals surface area contributed by atoms with Crippen molar-refractivity contribution in [3.63, 3.8) is 0 Å². The minimum Gasteiger partial charge on any atom is -0.334 e. The van der Waals surface area contributed by atoms with E-state index >= 15 is 0 Å². The Kier molecular flexibility index (Phi) is 4.64. The second-order valence-electron chi connectivity index (χ2n) is 6.14. The lowest BCUT2D eigenvalue weighted by molar-refractivity contribution is 0.0643. The van der Waals surface area contributed by atoms with E-state index in [0.29, 0.717) is 5.56 Å². The molecule has 22 heavy (non-hydrogen) atoms. The maximum Gasteiger partial charge on any atom is 0.255 e. The van der Waals surface area contributed by atoms with E-state index in [-0.39, 0.29) is 18.0 Å². The summed E-state index contributed by atoms with van der Waals surface area (Å²) in [4.78, 5) is 18.9. The highest BCUT2D eigenvalue weighted by molar-refractivity contribution is 5.94. The topological polar surface area (TPSA) is 51.0 Å². The summed E-state index contributed by atoms with van der Waals surface area (Å²) >= 11 is 0. The summed E-state index contributed by atoms with van der Waals surface area (Å²) in [5.74, 6) is 0.736. The van der Waals surface area contributed by atoms with Gasteiger partial charge >= 0.3 is 0 Å². The molecule has 0 unspecified atom stereocenters. The zero-order valence-electron chi connectivity index (χ0n) is 14.2. The molecule has 2 rings (SSSR count). The quantitative estimate of drug-likeness (QED) is 0.871. The van der Waals surface area contributed by atoms with Crippen molar-refractivity contribution in [3.05, 3.63) is 41.3 Å². The van der Waals surface area contributed by atoms with Gasteiger partial charge in [0.1, 0.15) is 0 Å². The number of carbonyl (C=O) groups excluding carboxylic acids is 1. The summed E-state index contributed by atoms with van der Waals surface area (Å²) in [5, 5.41) is 4.41. The van der Waals surface area contributed by atoms with Crippen LogP contribution in [0.15, 0.2) is 24.4 Å². The Morgan fingerprint density at radius 1 is 1.14 bits per heavy atom. The second kappa shape index (κ2) is 6.30. The molecule has 0 aliphatic carbocycles. The molecule has 0 aliphatic rings. The van der Waals surface area contributed by atoms with Gasteiger partial charge in [-0.15, -0.1) is 0 Å². The lowest BCUT2D eigenvalue weighted by atomic mass is 10.1. The van der Waals surface area contributed by atoms with Gasteiger partial charge in [-0.05, 0) is 59.7 Å². The maximum atomic E-state index is 12.6. The average Bonchev–Trinajstić information content (AvgIpc) is 2.77. The molecule has 0 aromatic carbocycles. The molecule has 2 heterocycles. The van der Waals surface area contributed by atoms with E-state index in [1.54, 1.807) is 10.9 Å². The minimum atomic E-state index is 0.0115. The van der Waals surface area contributed by atoms with Crippen molar-refractivity contribution in [1.82, 2.24) is 19.7 Å². The SMILES string of the molecule is Cc1cc(C)n(-c2ccc(C(=O)N(C(C)C)C(C)C)cn2)n1. The summed E-state index contributed by atoms with van der Waals surface area (Å²) in [6.07, 6.45) is 1.63. The van der Waals surface area contributed by atoms with Gasteiger partial charge in [0, 0.05) is 24.0 Å². The van der Waals surface area contributed by atoms with Gasteiger partial charge < -0.3 is 4.90 Å². The fourth-order valence-corrected chi connectivity index (χ4v) is 2.71. The Morgan fingerprint density at radius 3 is 2.18 bits per heavy atom. The van der Waals surface area contributed by atoms with Crippen LogP contribution in [0.25, 0.3) is 5.82 Å². The third kappa shape index (κ3) is 3.18. The number of aromatic nitrogens is 3. The molecule has 2 aromatic heterocycles. The summed E-state index contributed by atoms with van der Waals surface area (Å²) < 4.78 is 1.78. The zero-order valence-corrected chi connectivity index (χ0v) is 14.2. The van der Waals surface area contributed by atoms with Crippen LogP contribution in [0.2, 0.25) is 0 Å². The third-order valence-corrected chi connectivity index (χ3v) is 3.57. The van der Waals surface area contributed by atoms with Gasteiger partial charge in [0.25, 0.3) is 5.91 Å². The largest absolute Gasteiger partial charge is 0.334 e. The number of hydrogen-bond donors (Lipinski definition) is 0. The van der Waals surface area contributed by atoms with Crippen molar-refractivity contribution in [2.24, 2.45) is 0 Å². The predicted octanol–water partition coefficient (Wildman–Crippen LogP) is 3.14. The van der Waals surface area contributed by atoms with Crippen molar-refractivity contribution < 1.29 is 4.79 Å². The lowest BCUT2D eigenvalue weighted by Crippen LogP contribution is -2.42. The molecule has 0 radical (unpaired) electrons. The first-order chi connectivity index (χ1) is 10.3. The number of nitrogens with zero attached hydrogens (tertiary/aromatic N) is 4. The van der Waals surface area contributed by atoms with Crippen LogP contribution in [0.1, 0.15) is 49.4 Å². The average molecular weight is 300 g/mol. The predicted molar refractivity (Wildman–Crippen MR) is 87.3 cm³/mol. The van der Waals surface area contributed by atoms with Crippen LogP contribution in [0, 0.1) is 13.8 Å². The summed E-state index contributed by atoms with van der Waals surface area (Å²) in [6, 6.07) is 5.97. The number of amides is 1. The first-order valence-electron chi connectivity index (χ1n) is 7.63. The van der Waals surface area contributed by atoms with Gasteiger partial charge in [-0.3, -0.25) is 4.79 Å². The third-order valence-electron chi connectivity index (χ3n) is 3.57. The number of rotatable bonds is 4. The molecule has 118 valence electrons. The molecule has 0 fully saturated rings. The standard InChI is InChI=1S/C17H24N4O/c1-11(2)20(12(3)4)17(22)15-7-8-16(18-10-15)21-14(6)9-13(5)19-21/h7-12H,1-6H3. The molecule has 0 aliphatic heterocycles. The minimum absolute atomic E-state index is 0.0115. The van der Waals surface area contributed by atoms with E-state index in [0.717, 1.165) is 17.2 Å².